The van der Waals surface area contributed by atoms with Crippen LogP contribution in [0.4, 0.5) is 0 Å². The highest BCUT2D eigenvalue weighted by Gasteiger charge is 2.07. The van der Waals surface area contributed by atoms with E-state index in [2.05, 4.69) is 5.10 Å². The summed E-state index contributed by atoms with van der Waals surface area (Å²) in [6, 6.07) is 5.93. The first-order valence-corrected chi connectivity index (χ1v) is 5.48. The number of rotatable bonds is 2. The van der Waals surface area contributed by atoms with Crippen LogP contribution in [0, 0.1) is 6.92 Å². The first kappa shape index (κ1) is 11.2. The minimum absolute atomic E-state index is 0.463. The Bertz CT molecular complexity index is 517. The first-order valence-electron chi connectivity index (χ1n) is 5.11. The molecule has 16 heavy (non-hydrogen) atoms. The Morgan fingerprint density at radius 1 is 1.44 bits per heavy atom. The second-order valence-corrected chi connectivity index (χ2v) is 4.22. The number of nitrogens with two attached hydrogens (primary N) is 1. The van der Waals surface area contributed by atoms with Crippen LogP contribution in [0.2, 0.25) is 5.02 Å². The van der Waals surface area contributed by atoms with Crippen LogP contribution in [0.15, 0.2) is 24.4 Å². The fraction of sp³-hybridized carbons (Fsp3) is 0.250. The summed E-state index contributed by atoms with van der Waals surface area (Å²) < 4.78 is 1.80. The lowest BCUT2D eigenvalue weighted by Crippen LogP contribution is -1.96. The average Bonchev–Trinajstić information content (AvgIpc) is 2.58. The third-order valence-corrected chi connectivity index (χ3v) is 2.95. The molecule has 0 aliphatic carbocycles. The SMILES string of the molecule is Cc1nn(C)cc1-c1ccc(CN)c(Cl)c1. The molecule has 0 fully saturated rings. The van der Waals surface area contributed by atoms with Crippen molar-refractivity contribution in [3.05, 3.63) is 40.7 Å². The van der Waals surface area contributed by atoms with Crippen LogP contribution in [0.5, 0.6) is 0 Å². The predicted octanol–water partition coefficient (Wildman–Crippen LogP) is 2.51. The minimum Gasteiger partial charge on any atom is -0.326 e. The summed E-state index contributed by atoms with van der Waals surface area (Å²) in [5.41, 5.74) is 9.72. The Balaban J connectivity index is 2.49. The molecular formula is C12H14ClN3. The molecule has 0 bridgehead atoms. The quantitative estimate of drug-likeness (QED) is 0.869. The van der Waals surface area contributed by atoms with E-state index >= 15 is 0 Å². The van der Waals surface area contributed by atoms with Crippen LogP contribution >= 0.6 is 11.6 Å². The molecule has 0 atom stereocenters. The standard InChI is InChI=1S/C12H14ClN3/c1-8-11(7-16(2)15-8)9-3-4-10(6-14)12(13)5-9/h3-5,7H,6,14H2,1-2H3. The summed E-state index contributed by atoms with van der Waals surface area (Å²) in [4.78, 5) is 0. The van der Waals surface area contributed by atoms with Crippen molar-refractivity contribution in [1.82, 2.24) is 9.78 Å². The zero-order valence-electron chi connectivity index (χ0n) is 9.37. The van der Waals surface area contributed by atoms with Crippen molar-refractivity contribution in [2.75, 3.05) is 0 Å². The molecule has 0 amide bonds. The van der Waals surface area contributed by atoms with Gasteiger partial charge in [0.2, 0.25) is 0 Å². The molecule has 3 nitrogen and oxygen atoms in total. The van der Waals surface area contributed by atoms with E-state index in [9.17, 15) is 0 Å². The summed E-state index contributed by atoms with van der Waals surface area (Å²) in [5, 5.41) is 5.02. The Labute approximate surface area is 99.8 Å². The first-order chi connectivity index (χ1) is 7.61. The van der Waals surface area contributed by atoms with Gasteiger partial charge in [0.25, 0.3) is 0 Å². The van der Waals surface area contributed by atoms with E-state index in [1.54, 1.807) is 4.68 Å². The largest absolute Gasteiger partial charge is 0.326 e. The molecule has 0 spiro atoms. The summed E-state index contributed by atoms with van der Waals surface area (Å²) in [5.74, 6) is 0. The molecule has 0 aliphatic rings. The molecular weight excluding hydrogens is 222 g/mol. The van der Waals surface area contributed by atoms with Crippen LogP contribution in [-0.2, 0) is 13.6 Å². The fourth-order valence-corrected chi connectivity index (χ4v) is 2.02. The van der Waals surface area contributed by atoms with Crippen LogP contribution < -0.4 is 5.73 Å². The van der Waals surface area contributed by atoms with Crippen molar-refractivity contribution in [2.45, 2.75) is 13.5 Å². The van der Waals surface area contributed by atoms with Gasteiger partial charge in [-0.05, 0) is 24.1 Å². The molecule has 0 aliphatic heterocycles. The summed E-state index contributed by atoms with van der Waals surface area (Å²) in [7, 11) is 1.91. The monoisotopic (exact) mass is 235 g/mol. The van der Waals surface area contributed by atoms with Gasteiger partial charge in [-0.1, -0.05) is 23.7 Å². The van der Waals surface area contributed by atoms with E-state index in [1.165, 1.54) is 0 Å². The van der Waals surface area contributed by atoms with Gasteiger partial charge in [-0.25, -0.2) is 0 Å². The molecule has 1 aromatic heterocycles. The Morgan fingerprint density at radius 2 is 2.19 bits per heavy atom. The maximum atomic E-state index is 6.13. The normalized spacial score (nSPS) is 10.8. The lowest BCUT2D eigenvalue weighted by atomic mass is 10.0. The van der Waals surface area contributed by atoms with Gasteiger partial charge in [-0.15, -0.1) is 0 Å². The maximum Gasteiger partial charge on any atom is 0.0671 e. The second kappa shape index (κ2) is 4.28. The molecule has 0 saturated heterocycles. The van der Waals surface area contributed by atoms with E-state index in [0.29, 0.717) is 11.6 Å². The van der Waals surface area contributed by atoms with Crippen molar-refractivity contribution in [2.24, 2.45) is 12.8 Å². The van der Waals surface area contributed by atoms with Gasteiger partial charge < -0.3 is 5.73 Å². The molecule has 2 rings (SSSR count). The summed E-state index contributed by atoms with van der Waals surface area (Å²) in [6.07, 6.45) is 1.99. The minimum atomic E-state index is 0.463. The third-order valence-electron chi connectivity index (χ3n) is 2.60. The number of hydrogen-bond donors (Lipinski definition) is 1. The van der Waals surface area contributed by atoms with Crippen molar-refractivity contribution >= 4 is 11.6 Å². The molecule has 84 valence electrons. The van der Waals surface area contributed by atoms with Crippen LogP contribution in [0.1, 0.15) is 11.3 Å². The number of halogens is 1. The lowest BCUT2D eigenvalue weighted by molar-refractivity contribution is 0.756. The van der Waals surface area contributed by atoms with E-state index in [-0.39, 0.29) is 0 Å². The average molecular weight is 236 g/mol. The highest BCUT2D eigenvalue weighted by atomic mass is 35.5. The number of nitrogens with zero attached hydrogens (tertiary/aromatic N) is 2. The van der Waals surface area contributed by atoms with Gasteiger partial charge >= 0.3 is 0 Å². The topological polar surface area (TPSA) is 43.8 Å². The van der Waals surface area contributed by atoms with E-state index in [1.807, 2.05) is 38.4 Å². The van der Waals surface area contributed by atoms with Gasteiger partial charge in [-0.3, -0.25) is 4.68 Å². The van der Waals surface area contributed by atoms with Gasteiger partial charge in [-0.2, -0.15) is 5.10 Å². The fourth-order valence-electron chi connectivity index (χ4n) is 1.76. The van der Waals surface area contributed by atoms with Crippen molar-refractivity contribution < 1.29 is 0 Å². The number of benzene rings is 1. The molecule has 0 saturated carbocycles. The Kier molecular flexibility index (Phi) is 2.99. The maximum absolute atomic E-state index is 6.13. The van der Waals surface area contributed by atoms with Crippen LogP contribution in [0.25, 0.3) is 11.1 Å². The van der Waals surface area contributed by atoms with Gasteiger partial charge in [0, 0.05) is 30.4 Å². The van der Waals surface area contributed by atoms with Crippen LogP contribution in [-0.4, -0.2) is 9.78 Å². The zero-order valence-corrected chi connectivity index (χ0v) is 10.1. The number of aryl methyl sites for hydroxylation is 2. The Hall–Kier alpha value is -1.32. The molecule has 0 radical (unpaired) electrons. The summed E-state index contributed by atoms with van der Waals surface area (Å²) >= 11 is 6.13. The lowest BCUT2D eigenvalue weighted by Gasteiger charge is -2.04. The molecule has 2 N–H and O–H groups in total. The van der Waals surface area contributed by atoms with E-state index < -0.39 is 0 Å². The van der Waals surface area contributed by atoms with Crippen LogP contribution in [0.3, 0.4) is 0 Å². The summed E-state index contributed by atoms with van der Waals surface area (Å²) in [6.45, 7) is 2.45. The Morgan fingerprint density at radius 3 is 2.69 bits per heavy atom. The van der Waals surface area contributed by atoms with E-state index in [4.69, 9.17) is 17.3 Å². The van der Waals surface area contributed by atoms with Gasteiger partial charge in [0.15, 0.2) is 0 Å². The second-order valence-electron chi connectivity index (χ2n) is 3.81. The molecule has 2 aromatic rings. The highest BCUT2D eigenvalue weighted by molar-refractivity contribution is 6.31. The molecule has 1 aromatic carbocycles. The third kappa shape index (κ3) is 1.96. The predicted molar refractivity (Wildman–Crippen MR) is 66.3 cm³/mol. The van der Waals surface area contributed by atoms with Crippen molar-refractivity contribution in [3.63, 3.8) is 0 Å². The molecule has 4 heteroatoms. The van der Waals surface area contributed by atoms with E-state index in [0.717, 1.165) is 22.4 Å². The smallest absolute Gasteiger partial charge is 0.0671 e. The van der Waals surface area contributed by atoms with Crippen molar-refractivity contribution in [1.29, 1.82) is 0 Å². The number of aromatic nitrogens is 2. The van der Waals surface area contributed by atoms with Gasteiger partial charge in [0.05, 0.1) is 5.69 Å². The van der Waals surface area contributed by atoms with Gasteiger partial charge in [0.1, 0.15) is 0 Å². The zero-order chi connectivity index (χ0) is 11.7. The number of hydrogen-bond acceptors (Lipinski definition) is 2. The molecule has 1 heterocycles. The molecule has 0 unspecified atom stereocenters. The highest BCUT2D eigenvalue weighted by Crippen LogP contribution is 2.27. The van der Waals surface area contributed by atoms with Crippen molar-refractivity contribution in [3.8, 4) is 11.1 Å².